The van der Waals surface area contributed by atoms with Crippen molar-refractivity contribution in [3.05, 3.63) is 18.2 Å². The molecular weight excluding hydrogens is 178 g/mol. The summed E-state index contributed by atoms with van der Waals surface area (Å²) in [6.45, 7) is 6.21. The average molecular weight is 195 g/mol. The van der Waals surface area contributed by atoms with Gasteiger partial charge in [-0.15, -0.1) is 0 Å². The number of nitrogens with zero attached hydrogens (tertiary/aromatic N) is 3. The van der Waals surface area contributed by atoms with Crippen LogP contribution in [-0.2, 0) is 5.41 Å². The second kappa shape index (κ2) is 3.44. The van der Waals surface area contributed by atoms with Gasteiger partial charge in [0, 0.05) is 25.7 Å². The molecule has 0 aliphatic rings. The Morgan fingerprint density at radius 2 is 2.00 bits per heavy atom. The molecule has 0 radical (unpaired) electrons. The zero-order valence-corrected chi connectivity index (χ0v) is 9.40. The number of aromatic nitrogens is 2. The smallest absolute Gasteiger partial charge is 0.328 e. The molecule has 14 heavy (non-hydrogen) atoms. The van der Waals surface area contributed by atoms with E-state index in [9.17, 15) is 4.79 Å². The number of carbonyl (C=O) groups excluding carboxylic acids is 1. The van der Waals surface area contributed by atoms with Crippen LogP contribution in [0.1, 0.15) is 26.5 Å². The summed E-state index contributed by atoms with van der Waals surface area (Å²) in [7, 11) is 3.44. The first kappa shape index (κ1) is 10.8. The minimum atomic E-state index is -0.0759. The molecule has 0 fully saturated rings. The maximum atomic E-state index is 11.5. The molecule has 1 rings (SSSR count). The van der Waals surface area contributed by atoms with Gasteiger partial charge in [-0.3, -0.25) is 4.57 Å². The molecule has 78 valence electrons. The SMILES string of the molecule is CN(C)C(=O)n1cnc(C(C)(C)C)c1. The van der Waals surface area contributed by atoms with Crippen molar-refractivity contribution in [2.75, 3.05) is 14.1 Å². The van der Waals surface area contributed by atoms with Crippen molar-refractivity contribution < 1.29 is 4.79 Å². The second-order valence-electron chi connectivity index (χ2n) is 4.59. The summed E-state index contributed by atoms with van der Waals surface area (Å²) in [4.78, 5) is 17.3. The lowest BCUT2D eigenvalue weighted by Crippen LogP contribution is -2.26. The largest absolute Gasteiger partial charge is 0.330 e. The van der Waals surface area contributed by atoms with Gasteiger partial charge in [-0.25, -0.2) is 9.78 Å². The number of rotatable bonds is 0. The number of amides is 1. The van der Waals surface area contributed by atoms with Gasteiger partial charge < -0.3 is 4.90 Å². The van der Waals surface area contributed by atoms with Gasteiger partial charge in [0.25, 0.3) is 0 Å². The number of carbonyl (C=O) groups is 1. The molecule has 1 amide bonds. The molecule has 4 nitrogen and oxygen atoms in total. The van der Waals surface area contributed by atoms with Gasteiger partial charge in [0.05, 0.1) is 5.69 Å². The van der Waals surface area contributed by atoms with Gasteiger partial charge in [0.1, 0.15) is 6.33 Å². The molecule has 1 aromatic heterocycles. The first-order chi connectivity index (χ1) is 6.32. The Morgan fingerprint density at radius 3 is 2.36 bits per heavy atom. The molecule has 0 atom stereocenters. The number of hydrogen-bond acceptors (Lipinski definition) is 2. The molecule has 1 aromatic rings. The Hall–Kier alpha value is -1.32. The summed E-state index contributed by atoms with van der Waals surface area (Å²) in [5, 5.41) is 0. The molecule has 0 saturated carbocycles. The van der Waals surface area contributed by atoms with Crippen LogP contribution in [0.3, 0.4) is 0 Å². The van der Waals surface area contributed by atoms with Gasteiger partial charge in [-0.2, -0.15) is 0 Å². The minimum Gasteiger partial charge on any atom is -0.330 e. The molecule has 0 aliphatic heterocycles. The van der Waals surface area contributed by atoms with Crippen LogP contribution in [0.25, 0.3) is 0 Å². The summed E-state index contributed by atoms with van der Waals surface area (Å²) in [6, 6.07) is -0.0759. The van der Waals surface area contributed by atoms with E-state index in [2.05, 4.69) is 25.8 Å². The van der Waals surface area contributed by atoms with Gasteiger partial charge in [-0.05, 0) is 0 Å². The Kier molecular flexibility index (Phi) is 2.64. The zero-order chi connectivity index (χ0) is 10.9. The molecule has 0 aromatic carbocycles. The average Bonchev–Trinajstić information content (AvgIpc) is 2.49. The van der Waals surface area contributed by atoms with Crippen molar-refractivity contribution in [1.29, 1.82) is 0 Å². The molecule has 0 saturated heterocycles. The lowest BCUT2D eigenvalue weighted by Gasteiger charge is -2.14. The molecular formula is C10H17N3O. The maximum absolute atomic E-state index is 11.5. The van der Waals surface area contributed by atoms with Crippen molar-refractivity contribution in [2.24, 2.45) is 0 Å². The third kappa shape index (κ3) is 2.13. The quantitative estimate of drug-likeness (QED) is 0.632. The Bertz CT molecular complexity index is 333. The first-order valence-corrected chi connectivity index (χ1v) is 4.58. The summed E-state index contributed by atoms with van der Waals surface area (Å²) in [5.74, 6) is 0. The van der Waals surface area contributed by atoms with E-state index in [0.29, 0.717) is 0 Å². The molecule has 0 bridgehead atoms. The van der Waals surface area contributed by atoms with Crippen LogP contribution in [0.4, 0.5) is 4.79 Å². The van der Waals surface area contributed by atoms with E-state index in [4.69, 9.17) is 0 Å². The van der Waals surface area contributed by atoms with Crippen LogP contribution >= 0.6 is 0 Å². The molecule has 0 aliphatic carbocycles. The van der Waals surface area contributed by atoms with Gasteiger partial charge in [0.15, 0.2) is 0 Å². The fourth-order valence-corrected chi connectivity index (χ4v) is 1.05. The highest BCUT2D eigenvalue weighted by molar-refractivity contribution is 5.76. The summed E-state index contributed by atoms with van der Waals surface area (Å²) in [5.41, 5.74) is 0.908. The van der Waals surface area contributed by atoms with Gasteiger partial charge >= 0.3 is 6.03 Å². The van der Waals surface area contributed by atoms with Gasteiger partial charge in [0.2, 0.25) is 0 Å². The van der Waals surface area contributed by atoms with Crippen molar-refractivity contribution in [2.45, 2.75) is 26.2 Å². The van der Waals surface area contributed by atoms with E-state index in [1.165, 1.54) is 9.47 Å². The standard InChI is InChI=1S/C10H17N3O/c1-10(2,3)8-6-13(7-11-8)9(14)12(4)5/h6-7H,1-5H3. The highest BCUT2D eigenvalue weighted by atomic mass is 16.2. The zero-order valence-electron chi connectivity index (χ0n) is 9.40. The number of imidazole rings is 1. The highest BCUT2D eigenvalue weighted by Gasteiger charge is 2.18. The monoisotopic (exact) mass is 195 g/mol. The van der Waals surface area contributed by atoms with Crippen LogP contribution < -0.4 is 0 Å². The molecule has 0 N–H and O–H groups in total. The van der Waals surface area contributed by atoms with Crippen molar-refractivity contribution in [3.8, 4) is 0 Å². The van der Waals surface area contributed by atoms with Crippen molar-refractivity contribution in [3.63, 3.8) is 0 Å². The first-order valence-electron chi connectivity index (χ1n) is 4.58. The van der Waals surface area contributed by atoms with Crippen LogP contribution in [0.15, 0.2) is 12.5 Å². The van der Waals surface area contributed by atoms with E-state index in [1.807, 2.05) is 0 Å². The maximum Gasteiger partial charge on any atom is 0.328 e. The summed E-state index contributed by atoms with van der Waals surface area (Å²) < 4.78 is 1.50. The highest BCUT2D eigenvalue weighted by Crippen LogP contribution is 2.19. The third-order valence-electron chi connectivity index (χ3n) is 1.95. The normalized spacial score (nSPS) is 11.5. The summed E-state index contributed by atoms with van der Waals surface area (Å²) in [6.07, 6.45) is 3.34. The van der Waals surface area contributed by atoms with Crippen LogP contribution in [0, 0.1) is 0 Å². The van der Waals surface area contributed by atoms with E-state index in [1.54, 1.807) is 26.6 Å². The Labute approximate surface area is 84.5 Å². The predicted molar refractivity (Wildman–Crippen MR) is 55.4 cm³/mol. The molecule has 0 spiro atoms. The van der Waals surface area contributed by atoms with Crippen LogP contribution in [0.5, 0.6) is 0 Å². The Balaban J connectivity index is 2.95. The van der Waals surface area contributed by atoms with E-state index < -0.39 is 0 Å². The van der Waals surface area contributed by atoms with Crippen molar-refractivity contribution in [1.82, 2.24) is 14.5 Å². The third-order valence-corrected chi connectivity index (χ3v) is 1.95. The number of hydrogen-bond donors (Lipinski definition) is 0. The second-order valence-corrected chi connectivity index (χ2v) is 4.59. The van der Waals surface area contributed by atoms with Crippen molar-refractivity contribution >= 4 is 6.03 Å². The fraction of sp³-hybridized carbons (Fsp3) is 0.600. The molecule has 4 heteroatoms. The minimum absolute atomic E-state index is 0.0160. The van der Waals surface area contributed by atoms with E-state index in [0.717, 1.165) is 5.69 Å². The topological polar surface area (TPSA) is 38.1 Å². The van der Waals surface area contributed by atoms with Crippen LogP contribution in [0.2, 0.25) is 0 Å². The molecule has 0 unspecified atom stereocenters. The van der Waals surface area contributed by atoms with E-state index >= 15 is 0 Å². The lowest BCUT2D eigenvalue weighted by molar-refractivity contribution is 0.219. The molecule has 1 heterocycles. The summed E-state index contributed by atoms with van der Waals surface area (Å²) >= 11 is 0. The lowest BCUT2D eigenvalue weighted by atomic mass is 9.93. The predicted octanol–water partition coefficient (Wildman–Crippen LogP) is 1.71. The Morgan fingerprint density at radius 1 is 1.43 bits per heavy atom. The fourth-order valence-electron chi connectivity index (χ4n) is 1.05. The van der Waals surface area contributed by atoms with Crippen LogP contribution in [-0.4, -0.2) is 34.6 Å². The van der Waals surface area contributed by atoms with Gasteiger partial charge in [-0.1, -0.05) is 20.8 Å². The van der Waals surface area contributed by atoms with E-state index in [-0.39, 0.29) is 11.4 Å².